The SMILES string of the molecule is Cc1ccc(CN2CCN3CC(Oc4cncnc4)CC3C2)o1. The van der Waals surface area contributed by atoms with Crippen molar-refractivity contribution in [1.82, 2.24) is 19.8 Å². The predicted molar refractivity (Wildman–Crippen MR) is 85.1 cm³/mol. The highest BCUT2D eigenvalue weighted by Gasteiger charge is 2.37. The van der Waals surface area contributed by atoms with Gasteiger partial charge in [-0.2, -0.15) is 0 Å². The van der Waals surface area contributed by atoms with Gasteiger partial charge in [0.15, 0.2) is 5.75 Å². The summed E-state index contributed by atoms with van der Waals surface area (Å²) in [4.78, 5) is 13.0. The third-order valence-corrected chi connectivity index (χ3v) is 4.68. The van der Waals surface area contributed by atoms with Crippen LogP contribution < -0.4 is 4.74 Å². The van der Waals surface area contributed by atoms with Gasteiger partial charge in [0.05, 0.1) is 18.9 Å². The van der Waals surface area contributed by atoms with Crippen LogP contribution in [0, 0.1) is 6.92 Å². The quantitative estimate of drug-likeness (QED) is 0.856. The van der Waals surface area contributed by atoms with E-state index in [0.29, 0.717) is 6.04 Å². The lowest BCUT2D eigenvalue weighted by molar-refractivity contribution is 0.0925. The molecule has 2 saturated heterocycles. The van der Waals surface area contributed by atoms with Crippen molar-refractivity contribution in [2.45, 2.75) is 32.0 Å². The molecule has 2 aliphatic rings. The van der Waals surface area contributed by atoms with Crippen molar-refractivity contribution in [2.75, 3.05) is 26.2 Å². The summed E-state index contributed by atoms with van der Waals surface area (Å²) in [6.45, 7) is 7.13. The van der Waals surface area contributed by atoms with Gasteiger partial charge in [-0.3, -0.25) is 9.80 Å². The van der Waals surface area contributed by atoms with E-state index in [2.05, 4.69) is 25.8 Å². The molecule has 2 atom stereocenters. The van der Waals surface area contributed by atoms with Crippen LogP contribution in [0.5, 0.6) is 5.75 Å². The largest absolute Gasteiger partial charge is 0.486 e. The van der Waals surface area contributed by atoms with Crippen LogP contribution in [0.15, 0.2) is 35.3 Å². The van der Waals surface area contributed by atoms with Crippen LogP contribution in [0.1, 0.15) is 17.9 Å². The van der Waals surface area contributed by atoms with Crippen molar-refractivity contribution in [2.24, 2.45) is 0 Å². The molecule has 0 spiro atoms. The van der Waals surface area contributed by atoms with Crippen molar-refractivity contribution in [3.8, 4) is 5.75 Å². The highest BCUT2D eigenvalue weighted by atomic mass is 16.5. The fourth-order valence-corrected chi connectivity index (χ4v) is 3.62. The topological polar surface area (TPSA) is 54.6 Å². The summed E-state index contributed by atoms with van der Waals surface area (Å²) >= 11 is 0. The van der Waals surface area contributed by atoms with Crippen LogP contribution in [0.2, 0.25) is 0 Å². The van der Waals surface area contributed by atoms with Gasteiger partial charge in [0, 0.05) is 38.6 Å². The number of hydrogen-bond donors (Lipinski definition) is 0. The second-order valence-corrected chi connectivity index (χ2v) is 6.45. The van der Waals surface area contributed by atoms with Gasteiger partial charge in [-0.25, -0.2) is 9.97 Å². The van der Waals surface area contributed by atoms with Gasteiger partial charge in [-0.05, 0) is 19.1 Å². The van der Waals surface area contributed by atoms with Gasteiger partial charge in [-0.1, -0.05) is 0 Å². The van der Waals surface area contributed by atoms with Gasteiger partial charge in [-0.15, -0.1) is 0 Å². The normalized spacial score (nSPS) is 25.4. The summed E-state index contributed by atoms with van der Waals surface area (Å²) in [6.07, 6.45) is 6.28. The Morgan fingerprint density at radius 1 is 1.22 bits per heavy atom. The maximum Gasteiger partial charge on any atom is 0.156 e. The predicted octanol–water partition coefficient (Wildman–Crippen LogP) is 1.72. The zero-order valence-electron chi connectivity index (χ0n) is 13.4. The van der Waals surface area contributed by atoms with E-state index >= 15 is 0 Å². The summed E-state index contributed by atoms with van der Waals surface area (Å²) < 4.78 is 11.7. The van der Waals surface area contributed by atoms with E-state index in [1.54, 1.807) is 12.4 Å². The standard InChI is InChI=1S/C17H22N4O2/c1-13-2-3-15(22-13)10-20-4-5-21-11-16(6-14(21)9-20)23-17-7-18-12-19-8-17/h2-3,7-8,12,14,16H,4-6,9-11H2,1H3. The number of furan rings is 1. The molecule has 2 unspecified atom stereocenters. The van der Waals surface area contributed by atoms with Gasteiger partial charge in [0.25, 0.3) is 0 Å². The van der Waals surface area contributed by atoms with Gasteiger partial charge < -0.3 is 9.15 Å². The monoisotopic (exact) mass is 314 g/mol. The molecule has 6 nitrogen and oxygen atoms in total. The first-order chi connectivity index (χ1) is 11.3. The molecule has 0 saturated carbocycles. The molecule has 0 radical (unpaired) electrons. The molecule has 0 N–H and O–H groups in total. The van der Waals surface area contributed by atoms with Crippen molar-refractivity contribution in [3.63, 3.8) is 0 Å². The molecule has 122 valence electrons. The molecular formula is C17H22N4O2. The maximum atomic E-state index is 6.02. The van der Waals surface area contributed by atoms with Gasteiger partial charge in [0.1, 0.15) is 24.0 Å². The molecule has 0 aliphatic carbocycles. The summed E-state index contributed by atoms with van der Waals surface area (Å²) in [5.41, 5.74) is 0. The van der Waals surface area contributed by atoms with Crippen molar-refractivity contribution >= 4 is 0 Å². The Labute approximate surface area is 136 Å². The number of hydrogen-bond acceptors (Lipinski definition) is 6. The van der Waals surface area contributed by atoms with E-state index in [9.17, 15) is 0 Å². The molecule has 2 aromatic heterocycles. The van der Waals surface area contributed by atoms with Crippen LogP contribution in [-0.4, -0.2) is 58.1 Å². The molecule has 6 heteroatoms. The molecule has 2 fully saturated rings. The van der Waals surface area contributed by atoms with Crippen molar-refractivity contribution in [1.29, 1.82) is 0 Å². The molecule has 4 rings (SSSR count). The Balaban J connectivity index is 1.33. The smallest absolute Gasteiger partial charge is 0.156 e. The minimum Gasteiger partial charge on any atom is -0.486 e. The Morgan fingerprint density at radius 2 is 2.09 bits per heavy atom. The van der Waals surface area contributed by atoms with E-state index in [1.165, 1.54) is 6.33 Å². The highest BCUT2D eigenvalue weighted by Crippen LogP contribution is 2.26. The molecule has 0 aromatic carbocycles. The Bertz CT molecular complexity index is 645. The van der Waals surface area contributed by atoms with E-state index in [4.69, 9.17) is 9.15 Å². The summed E-state index contributed by atoms with van der Waals surface area (Å²) in [7, 11) is 0. The molecular weight excluding hydrogens is 292 g/mol. The number of nitrogens with zero attached hydrogens (tertiary/aromatic N) is 4. The fraction of sp³-hybridized carbons (Fsp3) is 0.529. The lowest BCUT2D eigenvalue weighted by atomic mass is 10.1. The molecule has 4 heterocycles. The average molecular weight is 314 g/mol. The molecule has 0 bridgehead atoms. The minimum absolute atomic E-state index is 0.233. The number of fused-ring (bicyclic) bond motifs is 1. The first kappa shape index (κ1) is 14.7. The number of ether oxygens (including phenoxy) is 1. The molecule has 2 aliphatic heterocycles. The summed E-state index contributed by atoms with van der Waals surface area (Å²) in [5.74, 6) is 2.81. The maximum absolute atomic E-state index is 6.02. The Kier molecular flexibility index (Phi) is 4.01. The Hall–Kier alpha value is -1.92. The van der Waals surface area contributed by atoms with E-state index in [0.717, 1.165) is 56.4 Å². The number of aryl methyl sites for hydroxylation is 1. The molecule has 23 heavy (non-hydrogen) atoms. The fourth-order valence-electron chi connectivity index (χ4n) is 3.62. The van der Waals surface area contributed by atoms with E-state index < -0.39 is 0 Å². The first-order valence-electron chi connectivity index (χ1n) is 8.19. The number of piperazine rings is 1. The Morgan fingerprint density at radius 3 is 2.87 bits per heavy atom. The summed E-state index contributed by atoms with van der Waals surface area (Å²) in [5, 5.41) is 0. The van der Waals surface area contributed by atoms with Gasteiger partial charge >= 0.3 is 0 Å². The lowest BCUT2D eigenvalue weighted by Gasteiger charge is -2.36. The zero-order chi connectivity index (χ0) is 15.6. The van der Waals surface area contributed by atoms with E-state index in [1.807, 2.05) is 13.0 Å². The van der Waals surface area contributed by atoms with Crippen molar-refractivity contribution in [3.05, 3.63) is 42.4 Å². The molecule has 0 amide bonds. The van der Waals surface area contributed by atoms with E-state index in [-0.39, 0.29) is 6.10 Å². The lowest BCUT2D eigenvalue weighted by Crippen LogP contribution is -2.49. The third kappa shape index (κ3) is 3.38. The number of rotatable bonds is 4. The van der Waals surface area contributed by atoms with Crippen LogP contribution in [0.4, 0.5) is 0 Å². The van der Waals surface area contributed by atoms with Gasteiger partial charge in [0.2, 0.25) is 0 Å². The molecule has 2 aromatic rings. The van der Waals surface area contributed by atoms with Crippen molar-refractivity contribution < 1.29 is 9.15 Å². The first-order valence-corrected chi connectivity index (χ1v) is 8.19. The zero-order valence-corrected chi connectivity index (χ0v) is 13.4. The van der Waals surface area contributed by atoms with Crippen LogP contribution in [-0.2, 0) is 6.54 Å². The van der Waals surface area contributed by atoms with Crippen LogP contribution in [0.25, 0.3) is 0 Å². The van der Waals surface area contributed by atoms with Crippen LogP contribution in [0.3, 0.4) is 0 Å². The number of aromatic nitrogens is 2. The minimum atomic E-state index is 0.233. The van der Waals surface area contributed by atoms with Crippen LogP contribution >= 0.6 is 0 Å². The highest BCUT2D eigenvalue weighted by molar-refractivity contribution is 5.11. The second-order valence-electron chi connectivity index (χ2n) is 6.45. The second kappa shape index (κ2) is 6.29. The third-order valence-electron chi connectivity index (χ3n) is 4.68. The average Bonchev–Trinajstić information content (AvgIpc) is 3.13. The summed E-state index contributed by atoms with van der Waals surface area (Å²) in [6, 6.07) is 4.68.